The van der Waals surface area contributed by atoms with Crippen molar-refractivity contribution < 1.29 is 4.79 Å². The van der Waals surface area contributed by atoms with Crippen LogP contribution in [0.25, 0.3) is 5.82 Å². The predicted octanol–water partition coefficient (Wildman–Crippen LogP) is 0.646. The van der Waals surface area contributed by atoms with Crippen molar-refractivity contribution in [1.82, 2.24) is 29.8 Å². The molecular weight excluding hydrogens is 344 g/mol. The number of nitrogens with one attached hydrogen (secondary N) is 1. The molecule has 8 heteroatoms. The number of carbonyl (C=O) groups excluding carboxylic acids is 1. The molecule has 2 saturated heterocycles. The fourth-order valence-corrected chi connectivity index (χ4v) is 4.04. The molecule has 8 nitrogen and oxygen atoms in total. The molecule has 2 fully saturated rings. The number of amides is 1. The third-order valence-corrected chi connectivity index (χ3v) is 5.44. The Hall–Kier alpha value is -2.48. The summed E-state index contributed by atoms with van der Waals surface area (Å²) in [6.45, 7) is 6.92. The van der Waals surface area contributed by atoms with Gasteiger partial charge in [0.2, 0.25) is 5.91 Å². The molecule has 4 rings (SSSR count). The molecule has 4 heterocycles. The molecular formula is C19H26N6O2. The lowest BCUT2D eigenvalue weighted by Crippen LogP contribution is -2.58. The maximum atomic E-state index is 12.2. The molecule has 0 radical (unpaired) electrons. The Kier molecular flexibility index (Phi) is 4.82. The molecule has 0 bridgehead atoms. The SMILES string of the molecule is Cc1cc(C)n(-c2ccc(=O)n(CC3CN(C4CCCCNC4=O)C3)n2)n1. The zero-order valence-electron chi connectivity index (χ0n) is 15.9. The molecule has 0 aromatic carbocycles. The molecule has 2 aliphatic heterocycles. The van der Waals surface area contributed by atoms with E-state index >= 15 is 0 Å². The summed E-state index contributed by atoms with van der Waals surface area (Å²) in [5.41, 5.74) is 1.80. The number of likely N-dealkylation sites (tertiary alicyclic amines) is 1. The Morgan fingerprint density at radius 1 is 1.15 bits per heavy atom. The number of hydrogen-bond donors (Lipinski definition) is 1. The van der Waals surface area contributed by atoms with Crippen molar-refractivity contribution in [3.63, 3.8) is 0 Å². The Bertz CT molecular complexity index is 896. The lowest BCUT2D eigenvalue weighted by Gasteiger charge is -2.43. The van der Waals surface area contributed by atoms with E-state index in [9.17, 15) is 9.59 Å². The molecule has 0 saturated carbocycles. The maximum Gasteiger partial charge on any atom is 0.266 e. The van der Waals surface area contributed by atoms with E-state index in [1.165, 1.54) is 4.68 Å². The molecule has 1 unspecified atom stereocenters. The molecule has 0 spiro atoms. The van der Waals surface area contributed by atoms with Crippen LogP contribution >= 0.6 is 0 Å². The lowest BCUT2D eigenvalue weighted by atomic mass is 9.95. The highest BCUT2D eigenvalue weighted by Gasteiger charge is 2.36. The molecule has 1 amide bonds. The summed E-state index contributed by atoms with van der Waals surface area (Å²) in [5, 5.41) is 11.9. The normalized spacial score (nSPS) is 21.6. The zero-order valence-corrected chi connectivity index (χ0v) is 15.9. The molecule has 27 heavy (non-hydrogen) atoms. The highest BCUT2D eigenvalue weighted by molar-refractivity contribution is 5.82. The van der Waals surface area contributed by atoms with E-state index < -0.39 is 0 Å². The highest BCUT2D eigenvalue weighted by atomic mass is 16.2. The van der Waals surface area contributed by atoms with E-state index in [1.54, 1.807) is 16.8 Å². The Labute approximate surface area is 158 Å². The highest BCUT2D eigenvalue weighted by Crippen LogP contribution is 2.23. The molecule has 2 aromatic rings. The van der Waals surface area contributed by atoms with E-state index in [1.807, 2.05) is 19.9 Å². The van der Waals surface area contributed by atoms with Crippen molar-refractivity contribution in [2.45, 2.75) is 45.7 Å². The van der Waals surface area contributed by atoms with Gasteiger partial charge in [-0.1, -0.05) is 0 Å². The first-order valence-corrected chi connectivity index (χ1v) is 9.65. The minimum absolute atomic E-state index is 0.0190. The maximum absolute atomic E-state index is 12.2. The summed E-state index contributed by atoms with van der Waals surface area (Å²) in [6, 6.07) is 5.22. The van der Waals surface area contributed by atoms with Gasteiger partial charge >= 0.3 is 0 Å². The second-order valence-corrected chi connectivity index (χ2v) is 7.67. The van der Waals surface area contributed by atoms with Crippen LogP contribution in [0.2, 0.25) is 0 Å². The molecule has 1 atom stereocenters. The Morgan fingerprint density at radius 2 is 1.96 bits per heavy atom. The number of carbonyl (C=O) groups is 1. The molecule has 144 valence electrons. The number of rotatable bonds is 4. The van der Waals surface area contributed by atoms with Crippen molar-refractivity contribution in [3.05, 3.63) is 39.9 Å². The van der Waals surface area contributed by atoms with Gasteiger partial charge in [-0.3, -0.25) is 14.5 Å². The van der Waals surface area contributed by atoms with Crippen LogP contribution in [0.15, 0.2) is 23.0 Å². The van der Waals surface area contributed by atoms with Crippen molar-refractivity contribution in [1.29, 1.82) is 0 Å². The van der Waals surface area contributed by atoms with E-state index in [0.717, 1.165) is 50.3 Å². The van der Waals surface area contributed by atoms with Crippen LogP contribution in [-0.4, -0.2) is 56.0 Å². The van der Waals surface area contributed by atoms with Crippen LogP contribution in [0, 0.1) is 19.8 Å². The third-order valence-electron chi connectivity index (χ3n) is 5.44. The quantitative estimate of drug-likeness (QED) is 0.854. The molecule has 1 N–H and O–H groups in total. The van der Waals surface area contributed by atoms with Crippen LogP contribution in [0.4, 0.5) is 0 Å². The van der Waals surface area contributed by atoms with Crippen molar-refractivity contribution in [2.75, 3.05) is 19.6 Å². The van der Waals surface area contributed by atoms with Crippen molar-refractivity contribution in [2.24, 2.45) is 5.92 Å². The molecule has 0 aliphatic carbocycles. The number of hydrogen-bond acceptors (Lipinski definition) is 5. The standard InChI is InChI=1S/C19H26N6O2/c1-13-9-14(2)25(21-13)17-6-7-18(26)24(22-17)12-15-10-23(11-15)16-5-3-4-8-20-19(16)27/h6-7,9,15-16H,3-5,8,10-12H2,1-2H3,(H,20,27). The average molecular weight is 370 g/mol. The molecule has 2 aliphatic rings. The number of nitrogens with zero attached hydrogens (tertiary/aromatic N) is 5. The first-order chi connectivity index (χ1) is 13.0. The van der Waals surface area contributed by atoms with E-state index in [-0.39, 0.29) is 17.5 Å². The number of aromatic nitrogens is 4. The van der Waals surface area contributed by atoms with Crippen LogP contribution < -0.4 is 10.9 Å². The van der Waals surface area contributed by atoms with Gasteiger partial charge in [0.15, 0.2) is 5.82 Å². The third kappa shape index (κ3) is 3.66. The van der Waals surface area contributed by atoms with Gasteiger partial charge in [-0.2, -0.15) is 5.10 Å². The number of aryl methyl sites for hydroxylation is 2. The Morgan fingerprint density at radius 3 is 2.70 bits per heavy atom. The van der Waals surface area contributed by atoms with Crippen LogP contribution in [0.5, 0.6) is 0 Å². The summed E-state index contributed by atoms with van der Waals surface area (Å²) in [7, 11) is 0. The minimum Gasteiger partial charge on any atom is -0.355 e. The average Bonchev–Trinajstić information content (AvgIpc) is 2.80. The summed E-state index contributed by atoms with van der Waals surface area (Å²) < 4.78 is 3.29. The zero-order chi connectivity index (χ0) is 19.0. The summed E-state index contributed by atoms with van der Waals surface area (Å²) in [5.74, 6) is 1.13. The fraction of sp³-hybridized carbons (Fsp3) is 0.579. The summed E-state index contributed by atoms with van der Waals surface area (Å²) >= 11 is 0. The topological polar surface area (TPSA) is 85.0 Å². The second-order valence-electron chi connectivity index (χ2n) is 7.67. The van der Waals surface area contributed by atoms with Gasteiger partial charge in [-0.25, -0.2) is 9.36 Å². The minimum atomic E-state index is -0.106. The van der Waals surface area contributed by atoms with E-state index in [0.29, 0.717) is 18.3 Å². The first kappa shape index (κ1) is 17.9. The predicted molar refractivity (Wildman–Crippen MR) is 101 cm³/mol. The van der Waals surface area contributed by atoms with E-state index in [2.05, 4.69) is 20.4 Å². The van der Waals surface area contributed by atoms with Crippen LogP contribution in [0.3, 0.4) is 0 Å². The van der Waals surface area contributed by atoms with Crippen LogP contribution in [-0.2, 0) is 11.3 Å². The smallest absolute Gasteiger partial charge is 0.266 e. The first-order valence-electron chi connectivity index (χ1n) is 9.65. The van der Waals surface area contributed by atoms with Gasteiger partial charge < -0.3 is 5.32 Å². The van der Waals surface area contributed by atoms with E-state index in [4.69, 9.17) is 0 Å². The fourth-order valence-electron chi connectivity index (χ4n) is 4.04. The molecule has 2 aromatic heterocycles. The van der Waals surface area contributed by atoms with Crippen molar-refractivity contribution in [3.8, 4) is 5.82 Å². The van der Waals surface area contributed by atoms with Gasteiger partial charge in [0.25, 0.3) is 5.56 Å². The monoisotopic (exact) mass is 370 g/mol. The largest absolute Gasteiger partial charge is 0.355 e. The van der Waals surface area contributed by atoms with Crippen LogP contribution in [0.1, 0.15) is 30.7 Å². The van der Waals surface area contributed by atoms with Gasteiger partial charge in [0.1, 0.15) is 0 Å². The van der Waals surface area contributed by atoms with Gasteiger partial charge in [-0.05, 0) is 45.2 Å². The van der Waals surface area contributed by atoms with Crippen molar-refractivity contribution >= 4 is 5.91 Å². The van der Waals surface area contributed by atoms with Gasteiger partial charge in [0.05, 0.1) is 18.3 Å². The van der Waals surface area contributed by atoms with Gasteiger partial charge in [-0.15, -0.1) is 5.10 Å². The summed E-state index contributed by atoms with van der Waals surface area (Å²) in [6.07, 6.45) is 3.05. The Balaban J connectivity index is 1.43. The lowest BCUT2D eigenvalue weighted by molar-refractivity contribution is -0.129. The second kappa shape index (κ2) is 7.26. The summed E-state index contributed by atoms with van der Waals surface area (Å²) in [4.78, 5) is 26.6. The van der Waals surface area contributed by atoms with Gasteiger partial charge in [0, 0.05) is 37.3 Å².